The molecule has 0 radical (unpaired) electrons. The summed E-state index contributed by atoms with van der Waals surface area (Å²) >= 11 is 5.78. The molecule has 0 aromatic rings. The van der Waals surface area contributed by atoms with Gasteiger partial charge in [0.2, 0.25) is 0 Å². The van der Waals surface area contributed by atoms with E-state index in [1.54, 1.807) is 0 Å². The number of thioether (sulfide) groups is 1. The Bertz CT molecular complexity index is 116. The number of hydrogen-bond acceptors (Lipinski definition) is 1. The summed E-state index contributed by atoms with van der Waals surface area (Å²) < 4.78 is 0. The first-order valence-corrected chi connectivity index (χ1v) is 7.11. The summed E-state index contributed by atoms with van der Waals surface area (Å²) in [5.74, 6) is 3.69. The Hall–Kier alpha value is 0.830. The molecule has 0 N–H and O–H groups in total. The van der Waals surface area contributed by atoms with Crippen molar-refractivity contribution >= 4 is 27.7 Å². The molecule has 0 nitrogen and oxygen atoms in total. The SMILES string of the molecule is CCSCCCC1CCC(Br)C1. The van der Waals surface area contributed by atoms with Gasteiger partial charge in [0.15, 0.2) is 0 Å². The fourth-order valence-electron chi connectivity index (χ4n) is 1.89. The lowest BCUT2D eigenvalue weighted by molar-refractivity contribution is 0.500. The topological polar surface area (TPSA) is 0 Å². The standard InChI is InChI=1S/C10H19BrS/c1-2-12-7-3-4-9-5-6-10(11)8-9/h9-10H,2-8H2,1H3. The van der Waals surface area contributed by atoms with Gasteiger partial charge in [0.25, 0.3) is 0 Å². The molecule has 12 heavy (non-hydrogen) atoms. The molecule has 2 unspecified atom stereocenters. The Morgan fingerprint density at radius 1 is 1.42 bits per heavy atom. The van der Waals surface area contributed by atoms with Crippen LogP contribution in [0.15, 0.2) is 0 Å². The maximum absolute atomic E-state index is 3.70. The molecule has 0 amide bonds. The predicted molar refractivity (Wildman–Crippen MR) is 62.3 cm³/mol. The second-order valence-electron chi connectivity index (χ2n) is 3.62. The summed E-state index contributed by atoms with van der Waals surface area (Å²) in [4.78, 5) is 0.835. The van der Waals surface area contributed by atoms with E-state index in [1.165, 1.54) is 43.6 Å². The number of hydrogen-bond donors (Lipinski definition) is 0. The third kappa shape index (κ3) is 4.18. The molecular weight excluding hydrogens is 232 g/mol. The predicted octanol–water partition coefficient (Wildman–Crippen LogP) is 4.08. The first-order chi connectivity index (χ1) is 5.83. The molecule has 0 spiro atoms. The zero-order valence-electron chi connectivity index (χ0n) is 7.89. The fraction of sp³-hybridized carbons (Fsp3) is 1.00. The molecule has 0 bridgehead atoms. The van der Waals surface area contributed by atoms with Crippen LogP contribution in [-0.4, -0.2) is 16.3 Å². The zero-order valence-corrected chi connectivity index (χ0v) is 10.3. The van der Waals surface area contributed by atoms with Crippen molar-refractivity contribution in [2.75, 3.05) is 11.5 Å². The van der Waals surface area contributed by atoms with Crippen LogP contribution < -0.4 is 0 Å². The van der Waals surface area contributed by atoms with Gasteiger partial charge in [-0.15, -0.1) is 0 Å². The average Bonchev–Trinajstić information content (AvgIpc) is 2.45. The lowest BCUT2D eigenvalue weighted by Crippen LogP contribution is -1.96. The lowest BCUT2D eigenvalue weighted by atomic mass is 10.0. The van der Waals surface area contributed by atoms with Crippen molar-refractivity contribution in [3.8, 4) is 0 Å². The molecule has 72 valence electrons. The Labute approximate surface area is 89.0 Å². The molecule has 1 saturated carbocycles. The highest BCUT2D eigenvalue weighted by Gasteiger charge is 2.21. The van der Waals surface area contributed by atoms with Gasteiger partial charge in [-0.2, -0.15) is 11.8 Å². The molecule has 0 aromatic carbocycles. The van der Waals surface area contributed by atoms with Gasteiger partial charge < -0.3 is 0 Å². The summed E-state index contributed by atoms with van der Waals surface area (Å²) in [5, 5.41) is 0. The second-order valence-corrected chi connectivity index (χ2v) is 6.30. The smallest absolute Gasteiger partial charge is 0.0148 e. The third-order valence-corrected chi connectivity index (χ3v) is 4.40. The molecule has 0 saturated heterocycles. The Morgan fingerprint density at radius 3 is 2.83 bits per heavy atom. The summed E-state index contributed by atoms with van der Waals surface area (Å²) in [6.07, 6.45) is 7.20. The molecule has 1 rings (SSSR count). The van der Waals surface area contributed by atoms with E-state index in [4.69, 9.17) is 0 Å². The minimum Gasteiger partial charge on any atom is -0.162 e. The largest absolute Gasteiger partial charge is 0.162 e. The van der Waals surface area contributed by atoms with E-state index in [9.17, 15) is 0 Å². The van der Waals surface area contributed by atoms with Crippen LogP contribution in [0.1, 0.15) is 39.0 Å². The van der Waals surface area contributed by atoms with Crippen molar-refractivity contribution in [2.45, 2.75) is 43.9 Å². The van der Waals surface area contributed by atoms with Crippen LogP contribution in [0, 0.1) is 5.92 Å². The molecule has 0 aromatic heterocycles. The number of halogens is 1. The van der Waals surface area contributed by atoms with Crippen molar-refractivity contribution in [2.24, 2.45) is 5.92 Å². The van der Waals surface area contributed by atoms with Gasteiger partial charge >= 0.3 is 0 Å². The van der Waals surface area contributed by atoms with Crippen molar-refractivity contribution in [3.63, 3.8) is 0 Å². The van der Waals surface area contributed by atoms with Crippen LogP contribution in [0.25, 0.3) is 0 Å². The summed E-state index contributed by atoms with van der Waals surface area (Å²) in [6, 6.07) is 0. The monoisotopic (exact) mass is 250 g/mol. The molecule has 1 aliphatic carbocycles. The highest BCUT2D eigenvalue weighted by atomic mass is 79.9. The Morgan fingerprint density at radius 2 is 2.25 bits per heavy atom. The van der Waals surface area contributed by atoms with Gasteiger partial charge in [-0.1, -0.05) is 22.9 Å². The van der Waals surface area contributed by atoms with Crippen LogP contribution in [0.5, 0.6) is 0 Å². The van der Waals surface area contributed by atoms with Crippen LogP contribution in [0.2, 0.25) is 0 Å². The molecule has 0 aliphatic heterocycles. The lowest BCUT2D eigenvalue weighted by Gasteiger charge is -2.07. The van der Waals surface area contributed by atoms with E-state index in [0.717, 1.165) is 10.7 Å². The van der Waals surface area contributed by atoms with Gasteiger partial charge in [-0.3, -0.25) is 0 Å². The van der Waals surface area contributed by atoms with E-state index < -0.39 is 0 Å². The fourth-order valence-corrected chi connectivity index (χ4v) is 3.35. The van der Waals surface area contributed by atoms with Crippen molar-refractivity contribution in [3.05, 3.63) is 0 Å². The minimum atomic E-state index is 0.835. The van der Waals surface area contributed by atoms with Crippen molar-refractivity contribution in [1.29, 1.82) is 0 Å². The first kappa shape index (κ1) is 10.9. The average molecular weight is 251 g/mol. The van der Waals surface area contributed by atoms with Gasteiger partial charge in [-0.05, 0) is 49.5 Å². The van der Waals surface area contributed by atoms with Crippen LogP contribution in [-0.2, 0) is 0 Å². The maximum atomic E-state index is 3.70. The Kier molecular flexibility index (Phi) is 5.73. The normalized spacial score (nSPS) is 29.5. The van der Waals surface area contributed by atoms with Crippen molar-refractivity contribution < 1.29 is 0 Å². The van der Waals surface area contributed by atoms with E-state index in [0.29, 0.717) is 0 Å². The van der Waals surface area contributed by atoms with Gasteiger partial charge in [0.1, 0.15) is 0 Å². The Balaban J connectivity index is 1.93. The first-order valence-electron chi connectivity index (χ1n) is 5.04. The van der Waals surface area contributed by atoms with Crippen LogP contribution >= 0.6 is 27.7 Å². The third-order valence-electron chi connectivity index (χ3n) is 2.58. The van der Waals surface area contributed by atoms with E-state index in [-0.39, 0.29) is 0 Å². The molecule has 1 fully saturated rings. The number of alkyl halides is 1. The second kappa shape index (κ2) is 6.31. The van der Waals surface area contributed by atoms with Gasteiger partial charge in [0, 0.05) is 4.83 Å². The molecule has 2 atom stereocenters. The van der Waals surface area contributed by atoms with Gasteiger partial charge in [-0.25, -0.2) is 0 Å². The van der Waals surface area contributed by atoms with Crippen molar-refractivity contribution in [1.82, 2.24) is 0 Å². The molecule has 1 aliphatic rings. The van der Waals surface area contributed by atoms with E-state index >= 15 is 0 Å². The quantitative estimate of drug-likeness (QED) is 0.524. The summed E-state index contributed by atoms with van der Waals surface area (Å²) in [7, 11) is 0. The minimum absolute atomic E-state index is 0.835. The highest BCUT2D eigenvalue weighted by Crippen LogP contribution is 2.33. The summed E-state index contributed by atoms with van der Waals surface area (Å²) in [5.41, 5.74) is 0. The van der Waals surface area contributed by atoms with E-state index in [2.05, 4.69) is 34.6 Å². The van der Waals surface area contributed by atoms with Gasteiger partial charge in [0.05, 0.1) is 0 Å². The highest BCUT2D eigenvalue weighted by molar-refractivity contribution is 9.09. The van der Waals surface area contributed by atoms with Crippen LogP contribution in [0.4, 0.5) is 0 Å². The van der Waals surface area contributed by atoms with E-state index in [1.807, 2.05) is 0 Å². The molecule has 0 heterocycles. The number of rotatable bonds is 5. The zero-order chi connectivity index (χ0) is 8.81. The molecular formula is C10H19BrS. The molecule has 2 heteroatoms. The maximum Gasteiger partial charge on any atom is 0.0148 e. The van der Waals surface area contributed by atoms with Crippen LogP contribution in [0.3, 0.4) is 0 Å². The summed E-state index contributed by atoms with van der Waals surface area (Å²) in [6.45, 7) is 2.24.